The standard InChI is InChI=1S/C11H14N4O2S/c1-17-11(16)10-9(4-5-12)15(14-13-10)7-8-3-2-6-18-8/h2-3,6H,4-5,7,12H2,1H3. The first-order valence-corrected chi connectivity index (χ1v) is 6.37. The predicted molar refractivity (Wildman–Crippen MR) is 67.5 cm³/mol. The van der Waals surface area contributed by atoms with Gasteiger partial charge in [0.05, 0.1) is 19.3 Å². The number of hydrogen-bond acceptors (Lipinski definition) is 6. The average molecular weight is 266 g/mol. The van der Waals surface area contributed by atoms with Crippen LogP contribution in [0.15, 0.2) is 17.5 Å². The summed E-state index contributed by atoms with van der Waals surface area (Å²) in [6.07, 6.45) is 0.544. The predicted octanol–water partition coefficient (Wildman–Crippen LogP) is 0.676. The lowest BCUT2D eigenvalue weighted by Gasteiger charge is -2.05. The summed E-state index contributed by atoms with van der Waals surface area (Å²) < 4.78 is 6.38. The molecule has 2 aromatic rings. The van der Waals surface area contributed by atoms with Gasteiger partial charge in [-0.25, -0.2) is 9.48 Å². The van der Waals surface area contributed by atoms with Gasteiger partial charge in [-0.3, -0.25) is 0 Å². The Morgan fingerprint density at radius 1 is 1.61 bits per heavy atom. The Kier molecular flexibility index (Phi) is 4.06. The molecule has 0 aliphatic heterocycles. The van der Waals surface area contributed by atoms with E-state index in [1.807, 2.05) is 17.5 Å². The van der Waals surface area contributed by atoms with Gasteiger partial charge >= 0.3 is 5.97 Å². The molecule has 0 radical (unpaired) electrons. The minimum Gasteiger partial charge on any atom is -0.464 e. The van der Waals surface area contributed by atoms with E-state index >= 15 is 0 Å². The highest BCUT2D eigenvalue weighted by Crippen LogP contribution is 2.14. The Balaban J connectivity index is 2.29. The van der Waals surface area contributed by atoms with Gasteiger partial charge in [-0.05, 0) is 18.0 Å². The smallest absolute Gasteiger partial charge is 0.360 e. The lowest BCUT2D eigenvalue weighted by Crippen LogP contribution is -2.14. The zero-order chi connectivity index (χ0) is 13.0. The van der Waals surface area contributed by atoms with Crippen LogP contribution in [0.25, 0.3) is 0 Å². The van der Waals surface area contributed by atoms with E-state index in [-0.39, 0.29) is 5.69 Å². The lowest BCUT2D eigenvalue weighted by atomic mass is 10.2. The molecule has 0 amide bonds. The molecule has 0 aliphatic carbocycles. The van der Waals surface area contributed by atoms with Gasteiger partial charge < -0.3 is 10.5 Å². The van der Waals surface area contributed by atoms with Crippen LogP contribution >= 0.6 is 11.3 Å². The number of methoxy groups -OCH3 is 1. The van der Waals surface area contributed by atoms with Crippen LogP contribution < -0.4 is 5.73 Å². The van der Waals surface area contributed by atoms with Crippen molar-refractivity contribution in [3.8, 4) is 0 Å². The molecular weight excluding hydrogens is 252 g/mol. The van der Waals surface area contributed by atoms with Crippen molar-refractivity contribution < 1.29 is 9.53 Å². The average Bonchev–Trinajstić information content (AvgIpc) is 3.01. The molecule has 0 aromatic carbocycles. The van der Waals surface area contributed by atoms with E-state index in [2.05, 4.69) is 15.0 Å². The third-order valence-electron chi connectivity index (χ3n) is 2.48. The molecule has 18 heavy (non-hydrogen) atoms. The first-order valence-electron chi connectivity index (χ1n) is 5.49. The van der Waals surface area contributed by atoms with Crippen molar-refractivity contribution in [2.75, 3.05) is 13.7 Å². The number of aromatic nitrogens is 3. The number of rotatable bonds is 5. The monoisotopic (exact) mass is 266 g/mol. The molecule has 7 heteroatoms. The maximum atomic E-state index is 11.5. The molecule has 0 atom stereocenters. The highest BCUT2D eigenvalue weighted by Gasteiger charge is 2.19. The van der Waals surface area contributed by atoms with Gasteiger partial charge in [-0.1, -0.05) is 11.3 Å². The molecule has 0 saturated carbocycles. The van der Waals surface area contributed by atoms with E-state index in [0.29, 0.717) is 19.5 Å². The summed E-state index contributed by atoms with van der Waals surface area (Å²) in [5.41, 5.74) is 6.52. The second kappa shape index (κ2) is 5.74. The molecular formula is C11H14N4O2S. The third kappa shape index (κ3) is 2.57. The minimum atomic E-state index is -0.476. The Morgan fingerprint density at radius 3 is 3.06 bits per heavy atom. The van der Waals surface area contributed by atoms with Crippen molar-refractivity contribution in [3.63, 3.8) is 0 Å². The van der Waals surface area contributed by atoms with Gasteiger partial charge in [0.25, 0.3) is 0 Å². The van der Waals surface area contributed by atoms with Crippen LogP contribution in [0, 0.1) is 0 Å². The number of hydrogen-bond donors (Lipinski definition) is 1. The fraction of sp³-hybridized carbons (Fsp3) is 0.364. The van der Waals surface area contributed by atoms with Gasteiger partial charge in [0.1, 0.15) is 0 Å². The van der Waals surface area contributed by atoms with Crippen LogP contribution in [0.2, 0.25) is 0 Å². The van der Waals surface area contributed by atoms with Crippen molar-refractivity contribution in [2.45, 2.75) is 13.0 Å². The summed E-state index contributed by atoms with van der Waals surface area (Å²) in [5.74, 6) is -0.476. The van der Waals surface area contributed by atoms with Crippen LogP contribution in [0.5, 0.6) is 0 Å². The molecule has 2 heterocycles. The third-order valence-corrected chi connectivity index (χ3v) is 3.34. The summed E-state index contributed by atoms with van der Waals surface area (Å²) in [6.45, 7) is 1.03. The SMILES string of the molecule is COC(=O)c1nnn(Cc2cccs2)c1CCN. The number of ether oxygens (including phenoxy) is 1. The topological polar surface area (TPSA) is 83.0 Å². The number of thiophene rings is 1. The second-order valence-electron chi connectivity index (χ2n) is 3.65. The molecule has 96 valence electrons. The molecule has 2 aromatic heterocycles. The molecule has 0 bridgehead atoms. The summed E-state index contributed by atoms with van der Waals surface area (Å²) in [6, 6.07) is 3.98. The van der Waals surface area contributed by atoms with Crippen LogP contribution in [0.4, 0.5) is 0 Å². The molecule has 0 spiro atoms. The maximum Gasteiger partial charge on any atom is 0.360 e. The normalized spacial score (nSPS) is 10.6. The van der Waals surface area contributed by atoms with E-state index in [4.69, 9.17) is 5.73 Å². The van der Waals surface area contributed by atoms with E-state index in [0.717, 1.165) is 10.6 Å². The molecule has 2 rings (SSSR count). The Morgan fingerprint density at radius 2 is 2.44 bits per heavy atom. The zero-order valence-electron chi connectivity index (χ0n) is 10.00. The van der Waals surface area contributed by atoms with Crippen LogP contribution in [0.3, 0.4) is 0 Å². The summed E-state index contributed by atoms with van der Waals surface area (Å²) >= 11 is 1.63. The first-order chi connectivity index (χ1) is 8.76. The molecule has 0 saturated heterocycles. The first kappa shape index (κ1) is 12.7. The molecule has 0 unspecified atom stereocenters. The largest absolute Gasteiger partial charge is 0.464 e. The van der Waals surface area contributed by atoms with Gasteiger partial charge in [0.15, 0.2) is 5.69 Å². The Bertz CT molecular complexity index is 521. The number of nitrogens with two attached hydrogens (primary N) is 1. The minimum absolute atomic E-state index is 0.250. The number of carbonyl (C=O) groups excluding carboxylic acids is 1. The molecule has 2 N–H and O–H groups in total. The van der Waals surface area contributed by atoms with Crippen LogP contribution in [0.1, 0.15) is 21.1 Å². The Hall–Kier alpha value is -1.73. The number of nitrogens with zero attached hydrogens (tertiary/aromatic N) is 3. The quantitative estimate of drug-likeness (QED) is 0.804. The van der Waals surface area contributed by atoms with Gasteiger partial charge in [-0.2, -0.15) is 0 Å². The van der Waals surface area contributed by atoms with Crippen molar-refractivity contribution in [2.24, 2.45) is 5.73 Å². The van der Waals surface area contributed by atoms with Gasteiger partial charge in [0, 0.05) is 11.3 Å². The van der Waals surface area contributed by atoms with Crippen molar-refractivity contribution in [3.05, 3.63) is 33.8 Å². The van der Waals surface area contributed by atoms with E-state index in [9.17, 15) is 4.79 Å². The number of carbonyl (C=O) groups is 1. The second-order valence-corrected chi connectivity index (χ2v) is 4.68. The zero-order valence-corrected chi connectivity index (χ0v) is 10.8. The fourth-order valence-corrected chi connectivity index (χ4v) is 2.34. The van der Waals surface area contributed by atoms with Gasteiger partial charge in [0.2, 0.25) is 0 Å². The highest BCUT2D eigenvalue weighted by molar-refractivity contribution is 7.09. The molecule has 0 fully saturated rings. The summed E-state index contributed by atoms with van der Waals surface area (Å²) in [7, 11) is 1.33. The number of esters is 1. The van der Waals surface area contributed by atoms with E-state index in [1.54, 1.807) is 16.0 Å². The van der Waals surface area contributed by atoms with Crippen molar-refractivity contribution in [1.82, 2.24) is 15.0 Å². The van der Waals surface area contributed by atoms with Crippen LogP contribution in [-0.4, -0.2) is 34.6 Å². The Labute approximate surface area is 108 Å². The van der Waals surface area contributed by atoms with Crippen LogP contribution in [-0.2, 0) is 17.7 Å². The van der Waals surface area contributed by atoms with E-state index < -0.39 is 5.97 Å². The summed E-state index contributed by atoms with van der Waals surface area (Å²) in [5, 5.41) is 9.87. The molecule has 0 aliphatic rings. The van der Waals surface area contributed by atoms with Gasteiger partial charge in [-0.15, -0.1) is 16.4 Å². The van der Waals surface area contributed by atoms with Crippen molar-refractivity contribution in [1.29, 1.82) is 0 Å². The maximum absolute atomic E-state index is 11.5. The summed E-state index contributed by atoms with van der Waals surface area (Å²) in [4.78, 5) is 12.7. The highest BCUT2D eigenvalue weighted by atomic mass is 32.1. The molecule has 6 nitrogen and oxygen atoms in total. The lowest BCUT2D eigenvalue weighted by molar-refractivity contribution is 0.0592. The van der Waals surface area contributed by atoms with E-state index in [1.165, 1.54) is 7.11 Å². The fourth-order valence-electron chi connectivity index (χ4n) is 1.65. The van der Waals surface area contributed by atoms with Crippen molar-refractivity contribution >= 4 is 17.3 Å².